The first-order chi connectivity index (χ1) is 11.3. The molecule has 0 N–H and O–H groups in total. The number of carbonyl (C=O) groups is 1. The molecule has 23 heavy (non-hydrogen) atoms. The summed E-state index contributed by atoms with van der Waals surface area (Å²) in [5.41, 5.74) is 0. The number of unbranched alkanes of at least 4 members (excludes halogenated alkanes) is 2. The highest BCUT2D eigenvalue weighted by molar-refractivity contribution is 5.69. The third kappa shape index (κ3) is 19.3. The highest BCUT2D eigenvalue weighted by Crippen LogP contribution is 1.94. The van der Waals surface area contributed by atoms with E-state index in [1.807, 2.05) is 6.92 Å². The van der Waals surface area contributed by atoms with Gasteiger partial charge in [-0.2, -0.15) is 0 Å². The largest absolute Gasteiger partial charge is 0.463 e. The molecule has 0 aromatic heterocycles. The van der Waals surface area contributed by atoms with Crippen LogP contribution in [0.5, 0.6) is 0 Å². The van der Waals surface area contributed by atoms with Crippen molar-refractivity contribution >= 4 is 5.97 Å². The second kappa shape index (κ2) is 19.4. The molecule has 0 amide bonds. The molecule has 0 aliphatic carbocycles. The van der Waals surface area contributed by atoms with Gasteiger partial charge in [-0.05, 0) is 12.8 Å². The predicted octanol–water partition coefficient (Wildman–Crippen LogP) is 2.59. The normalized spacial score (nSPS) is 10.9. The van der Waals surface area contributed by atoms with Crippen molar-refractivity contribution < 1.29 is 28.5 Å². The zero-order valence-corrected chi connectivity index (χ0v) is 14.8. The van der Waals surface area contributed by atoms with Crippen molar-refractivity contribution in [3.05, 3.63) is 0 Å². The Labute approximate surface area is 140 Å². The van der Waals surface area contributed by atoms with Gasteiger partial charge < -0.3 is 23.7 Å². The Morgan fingerprint density at radius 1 is 0.609 bits per heavy atom. The van der Waals surface area contributed by atoms with E-state index in [1.54, 1.807) is 0 Å². The fourth-order valence-electron chi connectivity index (χ4n) is 1.71. The lowest BCUT2D eigenvalue weighted by molar-refractivity contribution is -0.145. The Morgan fingerprint density at radius 2 is 1.09 bits per heavy atom. The van der Waals surface area contributed by atoms with Gasteiger partial charge in [0, 0.05) is 13.0 Å². The second-order valence-corrected chi connectivity index (χ2v) is 5.13. The van der Waals surface area contributed by atoms with E-state index in [0.29, 0.717) is 59.3 Å². The molecule has 0 rings (SSSR count). The van der Waals surface area contributed by atoms with Crippen molar-refractivity contribution in [1.29, 1.82) is 0 Å². The van der Waals surface area contributed by atoms with Gasteiger partial charge in [-0.15, -0.1) is 0 Å². The quantitative estimate of drug-likeness (QED) is 0.284. The van der Waals surface area contributed by atoms with E-state index in [4.69, 9.17) is 23.7 Å². The molecule has 0 saturated carbocycles. The smallest absolute Gasteiger partial charge is 0.305 e. The topological polar surface area (TPSA) is 63.2 Å². The Hall–Kier alpha value is -0.690. The summed E-state index contributed by atoms with van der Waals surface area (Å²) >= 11 is 0. The summed E-state index contributed by atoms with van der Waals surface area (Å²) in [5, 5.41) is 0. The van der Waals surface area contributed by atoms with E-state index >= 15 is 0 Å². The van der Waals surface area contributed by atoms with Crippen LogP contribution in [-0.2, 0) is 28.5 Å². The van der Waals surface area contributed by atoms with Gasteiger partial charge in [0.15, 0.2) is 0 Å². The van der Waals surface area contributed by atoms with Crippen LogP contribution in [0.15, 0.2) is 0 Å². The molecule has 0 unspecified atom stereocenters. The maximum Gasteiger partial charge on any atom is 0.305 e. The lowest BCUT2D eigenvalue weighted by Crippen LogP contribution is -2.14. The molecule has 6 heteroatoms. The molecule has 138 valence electrons. The average Bonchev–Trinajstić information content (AvgIpc) is 2.54. The Bertz CT molecular complexity index is 247. The molecule has 0 saturated heterocycles. The number of esters is 1. The molecule has 0 atom stereocenters. The molecule has 0 aromatic rings. The number of hydrogen-bond donors (Lipinski definition) is 0. The maximum atomic E-state index is 11.1. The van der Waals surface area contributed by atoms with Crippen LogP contribution in [0.1, 0.15) is 46.0 Å². The van der Waals surface area contributed by atoms with Gasteiger partial charge in [0.2, 0.25) is 0 Å². The van der Waals surface area contributed by atoms with Crippen LogP contribution in [0.3, 0.4) is 0 Å². The van der Waals surface area contributed by atoms with Crippen LogP contribution < -0.4 is 0 Å². The van der Waals surface area contributed by atoms with E-state index in [1.165, 1.54) is 12.8 Å². The summed E-state index contributed by atoms with van der Waals surface area (Å²) in [6.07, 6.45) is 4.83. The molecular formula is C17H34O6. The van der Waals surface area contributed by atoms with Crippen LogP contribution in [-0.4, -0.2) is 65.4 Å². The molecule has 0 spiro atoms. The van der Waals surface area contributed by atoms with Crippen LogP contribution in [0, 0.1) is 0 Å². The van der Waals surface area contributed by atoms with Gasteiger partial charge >= 0.3 is 5.97 Å². The van der Waals surface area contributed by atoms with E-state index in [0.717, 1.165) is 19.4 Å². The molecule has 0 aliphatic rings. The van der Waals surface area contributed by atoms with Crippen LogP contribution >= 0.6 is 0 Å². The van der Waals surface area contributed by atoms with Gasteiger partial charge in [0.05, 0.1) is 46.2 Å². The van der Waals surface area contributed by atoms with E-state index in [9.17, 15) is 4.79 Å². The number of ether oxygens (including phenoxy) is 5. The zero-order chi connectivity index (χ0) is 17.0. The molecular weight excluding hydrogens is 300 g/mol. The number of rotatable bonds is 18. The van der Waals surface area contributed by atoms with Gasteiger partial charge in [-0.1, -0.05) is 26.7 Å². The first-order valence-corrected chi connectivity index (χ1v) is 8.77. The second-order valence-electron chi connectivity index (χ2n) is 5.13. The van der Waals surface area contributed by atoms with Crippen LogP contribution in [0.4, 0.5) is 0 Å². The lowest BCUT2D eigenvalue weighted by Gasteiger charge is -2.08. The van der Waals surface area contributed by atoms with E-state index in [2.05, 4.69) is 6.92 Å². The Balaban J connectivity index is 3.01. The fraction of sp³-hybridized carbons (Fsp3) is 0.941. The summed E-state index contributed by atoms with van der Waals surface area (Å²) < 4.78 is 26.4. The molecule has 0 heterocycles. The maximum absolute atomic E-state index is 11.1. The highest BCUT2D eigenvalue weighted by Gasteiger charge is 1.99. The summed E-state index contributed by atoms with van der Waals surface area (Å²) in [7, 11) is 0. The van der Waals surface area contributed by atoms with Crippen molar-refractivity contribution in [3.8, 4) is 0 Å². The van der Waals surface area contributed by atoms with Crippen LogP contribution in [0.25, 0.3) is 0 Å². The van der Waals surface area contributed by atoms with Crippen LogP contribution in [0.2, 0.25) is 0 Å². The first kappa shape index (κ1) is 22.3. The summed E-state index contributed by atoms with van der Waals surface area (Å²) in [5.74, 6) is -0.168. The zero-order valence-electron chi connectivity index (χ0n) is 14.8. The molecule has 0 radical (unpaired) electrons. The monoisotopic (exact) mass is 334 g/mol. The van der Waals surface area contributed by atoms with Gasteiger partial charge in [-0.3, -0.25) is 4.79 Å². The molecule has 0 aromatic carbocycles. The standard InChI is InChI=1S/C17H34O6/c1-3-5-6-8-19-9-10-20-11-12-21-13-14-22-15-16-23-17(18)7-4-2/h3-16H2,1-2H3. The van der Waals surface area contributed by atoms with Crippen molar-refractivity contribution in [3.63, 3.8) is 0 Å². The average molecular weight is 334 g/mol. The lowest BCUT2D eigenvalue weighted by atomic mass is 10.3. The van der Waals surface area contributed by atoms with Crippen molar-refractivity contribution in [2.24, 2.45) is 0 Å². The van der Waals surface area contributed by atoms with Crippen molar-refractivity contribution in [1.82, 2.24) is 0 Å². The Morgan fingerprint density at radius 3 is 1.57 bits per heavy atom. The van der Waals surface area contributed by atoms with Gasteiger partial charge in [-0.25, -0.2) is 0 Å². The number of hydrogen-bond acceptors (Lipinski definition) is 6. The minimum Gasteiger partial charge on any atom is -0.463 e. The minimum absolute atomic E-state index is 0.168. The van der Waals surface area contributed by atoms with E-state index in [-0.39, 0.29) is 5.97 Å². The third-order valence-corrected chi connectivity index (χ3v) is 2.95. The first-order valence-electron chi connectivity index (χ1n) is 8.77. The molecule has 6 nitrogen and oxygen atoms in total. The molecule has 0 aliphatic heterocycles. The minimum atomic E-state index is -0.168. The molecule has 0 fully saturated rings. The van der Waals surface area contributed by atoms with E-state index < -0.39 is 0 Å². The molecule has 0 bridgehead atoms. The summed E-state index contributed by atoms with van der Waals surface area (Å²) in [6.45, 7) is 9.02. The summed E-state index contributed by atoms with van der Waals surface area (Å²) in [4.78, 5) is 11.1. The predicted molar refractivity (Wildman–Crippen MR) is 88.7 cm³/mol. The number of carbonyl (C=O) groups excluding carboxylic acids is 1. The van der Waals surface area contributed by atoms with Gasteiger partial charge in [0.1, 0.15) is 6.61 Å². The van der Waals surface area contributed by atoms with Crippen molar-refractivity contribution in [2.75, 3.05) is 59.5 Å². The third-order valence-electron chi connectivity index (χ3n) is 2.95. The highest BCUT2D eigenvalue weighted by atomic mass is 16.6. The van der Waals surface area contributed by atoms with Gasteiger partial charge in [0.25, 0.3) is 0 Å². The SMILES string of the molecule is CCCCCOCCOCCOCCOCCOC(=O)CCC. The fourth-order valence-corrected chi connectivity index (χ4v) is 1.71. The Kier molecular flexibility index (Phi) is 18.8. The van der Waals surface area contributed by atoms with Crippen molar-refractivity contribution in [2.45, 2.75) is 46.0 Å². The summed E-state index contributed by atoms with van der Waals surface area (Å²) in [6, 6.07) is 0.